The molecule has 3 aromatic rings. The molecule has 6 heteroatoms. The van der Waals surface area contributed by atoms with Gasteiger partial charge in [-0.3, -0.25) is 4.79 Å². The Bertz CT molecular complexity index is 876. The molecule has 0 spiro atoms. The predicted octanol–water partition coefficient (Wildman–Crippen LogP) is 3.23. The van der Waals surface area contributed by atoms with Crippen molar-refractivity contribution in [1.82, 2.24) is 15.1 Å². The molecule has 0 radical (unpaired) electrons. The summed E-state index contributed by atoms with van der Waals surface area (Å²) in [5, 5.41) is 17.2. The summed E-state index contributed by atoms with van der Waals surface area (Å²) in [7, 11) is 0. The summed E-state index contributed by atoms with van der Waals surface area (Å²) in [6.07, 6.45) is 2.04. The Labute approximate surface area is 157 Å². The highest BCUT2D eigenvalue weighted by Gasteiger charge is 2.16. The second-order valence-electron chi connectivity index (χ2n) is 6.12. The van der Waals surface area contributed by atoms with Crippen LogP contribution in [0.15, 0.2) is 60.8 Å². The first-order valence-corrected chi connectivity index (χ1v) is 8.74. The molecule has 2 aromatic carbocycles. The number of aliphatic hydroxyl groups excluding tert-OH is 1. The van der Waals surface area contributed by atoms with Gasteiger partial charge in [-0.1, -0.05) is 41.9 Å². The van der Waals surface area contributed by atoms with Gasteiger partial charge in [0, 0.05) is 28.4 Å². The van der Waals surface area contributed by atoms with Crippen molar-refractivity contribution in [3.05, 3.63) is 71.4 Å². The average molecular weight is 370 g/mol. The zero-order valence-electron chi connectivity index (χ0n) is 14.4. The van der Waals surface area contributed by atoms with Crippen molar-refractivity contribution in [2.75, 3.05) is 6.61 Å². The average Bonchev–Trinajstić information content (AvgIpc) is 3.06. The van der Waals surface area contributed by atoms with Crippen LogP contribution in [0.2, 0.25) is 5.02 Å². The van der Waals surface area contributed by atoms with E-state index in [-0.39, 0.29) is 25.0 Å². The third-order valence-corrected chi connectivity index (χ3v) is 4.21. The first-order valence-electron chi connectivity index (χ1n) is 8.37. The number of aliphatic hydroxyl groups is 1. The number of halogens is 1. The van der Waals surface area contributed by atoms with Gasteiger partial charge in [0.2, 0.25) is 5.91 Å². The van der Waals surface area contributed by atoms with Crippen molar-refractivity contribution in [2.24, 2.45) is 0 Å². The maximum atomic E-state index is 12.3. The van der Waals surface area contributed by atoms with Crippen molar-refractivity contribution < 1.29 is 9.90 Å². The molecule has 1 atom stereocenters. The molecule has 134 valence electrons. The summed E-state index contributed by atoms with van der Waals surface area (Å²) in [4.78, 5) is 12.3. The van der Waals surface area contributed by atoms with E-state index in [1.165, 1.54) is 0 Å². The van der Waals surface area contributed by atoms with Crippen LogP contribution in [-0.2, 0) is 11.2 Å². The minimum Gasteiger partial charge on any atom is -0.394 e. The van der Waals surface area contributed by atoms with Crippen LogP contribution in [0.3, 0.4) is 0 Å². The van der Waals surface area contributed by atoms with Gasteiger partial charge in [0.25, 0.3) is 0 Å². The van der Waals surface area contributed by atoms with E-state index < -0.39 is 0 Å². The third-order valence-electron chi connectivity index (χ3n) is 3.96. The lowest BCUT2D eigenvalue weighted by Crippen LogP contribution is -2.36. The van der Waals surface area contributed by atoms with E-state index in [1.54, 1.807) is 23.7 Å². The van der Waals surface area contributed by atoms with Gasteiger partial charge >= 0.3 is 0 Å². The van der Waals surface area contributed by atoms with Gasteiger partial charge in [0.1, 0.15) is 0 Å². The van der Waals surface area contributed by atoms with Crippen molar-refractivity contribution in [3.63, 3.8) is 0 Å². The van der Waals surface area contributed by atoms with Crippen LogP contribution in [0.5, 0.6) is 0 Å². The van der Waals surface area contributed by atoms with E-state index in [2.05, 4.69) is 10.4 Å². The van der Waals surface area contributed by atoms with E-state index in [0.29, 0.717) is 5.02 Å². The van der Waals surface area contributed by atoms with Gasteiger partial charge in [-0.05, 0) is 31.2 Å². The Morgan fingerprint density at radius 2 is 1.88 bits per heavy atom. The Balaban J connectivity index is 1.96. The molecule has 3 rings (SSSR count). The molecule has 0 fully saturated rings. The van der Waals surface area contributed by atoms with Crippen molar-refractivity contribution in [1.29, 1.82) is 0 Å². The van der Waals surface area contributed by atoms with Crippen molar-refractivity contribution in [3.8, 4) is 16.9 Å². The lowest BCUT2D eigenvalue weighted by Gasteiger charge is -2.10. The third kappa shape index (κ3) is 4.31. The van der Waals surface area contributed by atoms with E-state index in [1.807, 2.05) is 48.7 Å². The zero-order valence-corrected chi connectivity index (χ0v) is 15.1. The summed E-state index contributed by atoms with van der Waals surface area (Å²) >= 11 is 5.98. The monoisotopic (exact) mass is 369 g/mol. The van der Waals surface area contributed by atoms with E-state index in [0.717, 1.165) is 22.5 Å². The minimum absolute atomic E-state index is 0.0982. The summed E-state index contributed by atoms with van der Waals surface area (Å²) in [6.45, 7) is 1.66. The quantitative estimate of drug-likeness (QED) is 0.701. The van der Waals surface area contributed by atoms with E-state index >= 15 is 0 Å². The number of hydrogen-bond acceptors (Lipinski definition) is 3. The Morgan fingerprint density at radius 1 is 1.19 bits per heavy atom. The predicted molar refractivity (Wildman–Crippen MR) is 102 cm³/mol. The maximum absolute atomic E-state index is 12.3. The molecule has 5 nitrogen and oxygen atoms in total. The van der Waals surface area contributed by atoms with Crippen LogP contribution in [0, 0.1) is 0 Å². The highest BCUT2D eigenvalue weighted by atomic mass is 35.5. The molecule has 0 aliphatic carbocycles. The number of benzene rings is 2. The number of hydrogen-bond donors (Lipinski definition) is 2. The summed E-state index contributed by atoms with van der Waals surface area (Å²) in [6, 6.07) is 16.8. The highest BCUT2D eigenvalue weighted by Crippen LogP contribution is 2.25. The largest absolute Gasteiger partial charge is 0.394 e. The Hall–Kier alpha value is -2.63. The molecule has 1 aromatic heterocycles. The minimum atomic E-state index is -0.286. The number of amides is 1. The first-order chi connectivity index (χ1) is 12.6. The zero-order chi connectivity index (χ0) is 18.5. The molecule has 2 N–H and O–H groups in total. The van der Waals surface area contributed by atoms with Gasteiger partial charge in [-0.25, -0.2) is 4.68 Å². The SMILES string of the molecule is CC(CO)NC(=O)Cc1cn(-c2ccccc2)nc1-c1ccc(Cl)cc1. The molecule has 0 saturated heterocycles. The van der Waals surface area contributed by atoms with E-state index in [9.17, 15) is 4.79 Å². The van der Waals surface area contributed by atoms with Gasteiger partial charge in [-0.2, -0.15) is 5.10 Å². The summed E-state index contributed by atoms with van der Waals surface area (Å²) < 4.78 is 1.77. The number of carbonyl (C=O) groups is 1. The van der Waals surface area contributed by atoms with Gasteiger partial charge in [0.15, 0.2) is 0 Å². The molecule has 0 aliphatic heterocycles. The standard InChI is InChI=1S/C20H20ClN3O2/c1-14(13-25)22-19(26)11-16-12-24(18-5-3-2-4-6-18)23-20(16)15-7-9-17(21)10-8-15/h2-10,12,14,25H,11,13H2,1H3,(H,22,26). The lowest BCUT2D eigenvalue weighted by atomic mass is 10.1. The molecule has 26 heavy (non-hydrogen) atoms. The van der Waals surface area contributed by atoms with Crippen molar-refractivity contribution >= 4 is 17.5 Å². The van der Waals surface area contributed by atoms with Gasteiger partial charge < -0.3 is 10.4 Å². The fourth-order valence-electron chi connectivity index (χ4n) is 2.65. The number of aromatic nitrogens is 2. The van der Waals surface area contributed by atoms with E-state index in [4.69, 9.17) is 16.7 Å². The van der Waals surface area contributed by atoms with Crippen LogP contribution >= 0.6 is 11.6 Å². The summed E-state index contributed by atoms with van der Waals surface area (Å²) in [5.74, 6) is -0.158. The van der Waals surface area contributed by atoms with Gasteiger partial charge in [0.05, 0.1) is 24.4 Å². The number of rotatable bonds is 6. The second-order valence-corrected chi connectivity index (χ2v) is 6.55. The number of nitrogens with one attached hydrogen (secondary N) is 1. The molecular formula is C20H20ClN3O2. The number of carbonyl (C=O) groups excluding carboxylic acids is 1. The summed E-state index contributed by atoms with van der Waals surface area (Å²) in [5.41, 5.74) is 3.34. The molecule has 0 saturated carbocycles. The lowest BCUT2D eigenvalue weighted by molar-refractivity contribution is -0.121. The molecule has 0 aliphatic rings. The number of nitrogens with zero attached hydrogens (tertiary/aromatic N) is 2. The first kappa shape index (κ1) is 18.2. The molecule has 1 unspecified atom stereocenters. The smallest absolute Gasteiger partial charge is 0.224 e. The van der Waals surface area contributed by atoms with Crippen LogP contribution in [-0.4, -0.2) is 33.4 Å². The van der Waals surface area contributed by atoms with Crippen LogP contribution in [0.1, 0.15) is 12.5 Å². The normalized spacial score (nSPS) is 12.0. The molecule has 0 bridgehead atoms. The Kier molecular flexibility index (Phi) is 5.71. The fourth-order valence-corrected chi connectivity index (χ4v) is 2.77. The van der Waals surface area contributed by atoms with Crippen LogP contribution in [0.25, 0.3) is 16.9 Å². The van der Waals surface area contributed by atoms with Crippen molar-refractivity contribution in [2.45, 2.75) is 19.4 Å². The molecule has 1 heterocycles. The maximum Gasteiger partial charge on any atom is 0.224 e. The van der Waals surface area contributed by atoms with Crippen LogP contribution in [0.4, 0.5) is 0 Å². The molecule has 1 amide bonds. The van der Waals surface area contributed by atoms with Crippen LogP contribution < -0.4 is 5.32 Å². The van der Waals surface area contributed by atoms with Gasteiger partial charge in [-0.15, -0.1) is 0 Å². The number of para-hydroxylation sites is 1. The second kappa shape index (κ2) is 8.17. The topological polar surface area (TPSA) is 67.2 Å². The highest BCUT2D eigenvalue weighted by molar-refractivity contribution is 6.30. The molecular weight excluding hydrogens is 350 g/mol. The fraction of sp³-hybridized carbons (Fsp3) is 0.200. The Morgan fingerprint density at radius 3 is 2.54 bits per heavy atom.